The second-order valence-electron chi connectivity index (χ2n) is 5.37. The molecule has 3 N–H and O–H groups in total. The summed E-state index contributed by atoms with van der Waals surface area (Å²) in [6.45, 7) is 4.96. The quantitative estimate of drug-likeness (QED) is 0.855. The van der Waals surface area contributed by atoms with E-state index >= 15 is 0 Å². The summed E-state index contributed by atoms with van der Waals surface area (Å²) >= 11 is 12.0. The molecule has 1 heterocycles. The highest BCUT2D eigenvalue weighted by Crippen LogP contribution is 2.29. The molecule has 1 atom stereocenters. The number of benzene rings is 1. The van der Waals surface area contributed by atoms with Gasteiger partial charge in [0.25, 0.3) is 0 Å². The molecule has 0 aliphatic rings. The Bertz CT molecular complexity index is 578. The third-order valence-corrected chi connectivity index (χ3v) is 3.99. The van der Waals surface area contributed by atoms with Crippen molar-refractivity contribution in [2.75, 3.05) is 6.54 Å². The van der Waals surface area contributed by atoms with Crippen molar-refractivity contribution in [3.63, 3.8) is 0 Å². The first kappa shape index (κ1) is 15.4. The van der Waals surface area contributed by atoms with Gasteiger partial charge in [-0.2, -0.15) is 0 Å². The summed E-state index contributed by atoms with van der Waals surface area (Å²) in [5.74, 6) is 1.77. The fraction of sp³-hybridized carbons (Fsp3) is 0.400. The zero-order chi connectivity index (χ0) is 14.7. The van der Waals surface area contributed by atoms with Crippen LogP contribution in [-0.2, 0) is 0 Å². The van der Waals surface area contributed by atoms with Gasteiger partial charge in [-0.15, -0.1) is 0 Å². The molecule has 0 fully saturated rings. The summed E-state index contributed by atoms with van der Waals surface area (Å²) in [6.07, 6.45) is 2.84. The van der Waals surface area contributed by atoms with Crippen molar-refractivity contribution in [2.45, 2.75) is 26.2 Å². The van der Waals surface area contributed by atoms with Crippen LogP contribution < -0.4 is 5.73 Å². The molecular weight excluding hydrogens is 293 g/mol. The van der Waals surface area contributed by atoms with Gasteiger partial charge in [0.15, 0.2) is 0 Å². The normalized spacial score (nSPS) is 12.9. The number of aromatic amines is 1. The van der Waals surface area contributed by atoms with Crippen LogP contribution in [0.5, 0.6) is 0 Å². The van der Waals surface area contributed by atoms with E-state index in [1.165, 1.54) is 0 Å². The van der Waals surface area contributed by atoms with Gasteiger partial charge in [-0.05, 0) is 24.5 Å². The fourth-order valence-electron chi connectivity index (χ4n) is 2.24. The smallest absolute Gasteiger partial charge is 0.110 e. The molecule has 1 aromatic carbocycles. The summed E-state index contributed by atoms with van der Waals surface area (Å²) in [7, 11) is 0. The Morgan fingerprint density at radius 1 is 1.25 bits per heavy atom. The van der Waals surface area contributed by atoms with Gasteiger partial charge in [0.2, 0.25) is 0 Å². The van der Waals surface area contributed by atoms with Crippen molar-refractivity contribution in [2.24, 2.45) is 11.7 Å². The summed E-state index contributed by atoms with van der Waals surface area (Å²) in [5.41, 5.74) is 7.75. The first-order valence-corrected chi connectivity index (χ1v) is 7.47. The third-order valence-electron chi connectivity index (χ3n) is 3.25. The van der Waals surface area contributed by atoms with E-state index in [1.54, 1.807) is 6.07 Å². The van der Waals surface area contributed by atoms with Crippen molar-refractivity contribution in [3.8, 4) is 11.3 Å². The van der Waals surface area contributed by atoms with Crippen LogP contribution in [0, 0.1) is 5.92 Å². The number of hydrogen-bond acceptors (Lipinski definition) is 2. The van der Waals surface area contributed by atoms with Crippen LogP contribution in [0.4, 0.5) is 0 Å². The monoisotopic (exact) mass is 311 g/mol. The molecular formula is C15H19Cl2N3. The van der Waals surface area contributed by atoms with E-state index in [2.05, 4.69) is 23.8 Å². The van der Waals surface area contributed by atoms with Crippen LogP contribution in [0.3, 0.4) is 0 Å². The minimum absolute atomic E-state index is 0.256. The molecule has 1 unspecified atom stereocenters. The lowest BCUT2D eigenvalue weighted by Gasteiger charge is -2.14. The molecule has 0 saturated heterocycles. The Balaban J connectivity index is 2.25. The number of halogens is 2. The van der Waals surface area contributed by atoms with Crippen molar-refractivity contribution in [1.29, 1.82) is 0 Å². The Labute approximate surface area is 129 Å². The molecule has 3 nitrogen and oxygen atoms in total. The van der Waals surface area contributed by atoms with Gasteiger partial charge in [0.1, 0.15) is 5.82 Å². The lowest BCUT2D eigenvalue weighted by molar-refractivity contribution is 0.490. The van der Waals surface area contributed by atoms with E-state index in [-0.39, 0.29) is 5.92 Å². The molecule has 0 saturated carbocycles. The largest absolute Gasteiger partial charge is 0.342 e. The number of hydrogen-bond donors (Lipinski definition) is 2. The SMILES string of the molecule is CC(C)CC(CN)c1ncc(-c2ccc(Cl)c(Cl)c2)[nH]1. The number of rotatable bonds is 5. The highest BCUT2D eigenvalue weighted by molar-refractivity contribution is 6.42. The van der Waals surface area contributed by atoms with Gasteiger partial charge in [-0.1, -0.05) is 43.1 Å². The van der Waals surface area contributed by atoms with Gasteiger partial charge < -0.3 is 10.7 Å². The van der Waals surface area contributed by atoms with Gasteiger partial charge >= 0.3 is 0 Å². The van der Waals surface area contributed by atoms with Crippen molar-refractivity contribution < 1.29 is 0 Å². The highest BCUT2D eigenvalue weighted by atomic mass is 35.5. The second-order valence-corrected chi connectivity index (χ2v) is 6.19. The van der Waals surface area contributed by atoms with Gasteiger partial charge in [-0.25, -0.2) is 4.98 Å². The lowest BCUT2D eigenvalue weighted by Crippen LogP contribution is -2.15. The number of imidazole rings is 1. The molecule has 0 spiro atoms. The molecule has 0 aliphatic heterocycles. The predicted molar refractivity (Wildman–Crippen MR) is 85.3 cm³/mol. The maximum atomic E-state index is 6.04. The van der Waals surface area contributed by atoms with Crippen LogP contribution in [0.15, 0.2) is 24.4 Å². The van der Waals surface area contributed by atoms with E-state index in [1.807, 2.05) is 18.3 Å². The molecule has 0 radical (unpaired) electrons. The number of aromatic nitrogens is 2. The molecule has 5 heteroatoms. The van der Waals surface area contributed by atoms with E-state index in [9.17, 15) is 0 Å². The molecule has 0 bridgehead atoms. The molecule has 0 amide bonds. The summed E-state index contributed by atoms with van der Waals surface area (Å²) in [5, 5.41) is 1.09. The Hall–Kier alpha value is -1.03. The number of nitrogens with two attached hydrogens (primary N) is 1. The minimum Gasteiger partial charge on any atom is -0.342 e. The Morgan fingerprint density at radius 3 is 2.60 bits per heavy atom. The second kappa shape index (κ2) is 6.61. The summed E-state index contributed by atoms with van der Waals surface area (Å²) in [6, 6.07) is 5.54. The molecule has 2 aromatic rings. The predicted octanol–water partition coefficient (Wildman–Crippen LogP) is 4.47. The average Bonchev–Trinajstić information content (AvgIpc) is 2.88. The maximum Gasteiger partial charge on any atom is 0.110 e. The van der Waals surface area contributed by atoms with Crippen LogP contribution in [-0.4, -0.2) is 16.5 Å². The number of H-pyrrole nitrogens is 1. The lowest BCUT2D eigenvalue weighted by atomic mass is 9.97. The van der Waals surface area contributed by atoms with Crippen LogP contribution in [0.2, 0.25) is 10.0 Å². The van der Waals surface area contributed by atoms with E-state index < -0.39 is 0 Å². The van der Waals surface area contributed by atoms with Crippen molar-refractivity contribution in [1.82, 2.24) is 9.97 Å². The molecule has 2 rings (SSSR count). The van der Waals surface area contributed by atoms with Crippen LogP contribution in [0.1, 0.15) is 32.0 Å². The molecule has 0 aliphatic carbocycles. The zero-order valence-corrected chi connectivity index (χ0v) is 13.2. The van der Waals surface area contributed by atoms with E-state index in [0.29, 0.717) is 22.5 Å². The number of nitrogens with zero attached hydrogens (tertiary/aromatic N) is 1. The molecule has 108 valence electrons. The topological polar surface area (TPSA) is 54.7 Å². The molecule has 20 heavy (non-hydrogen) atoms. The van der Waals surface area contributed by atoms with E-state index in [4.69, 9.17) is 28.9 Å². The summed E-state index contributed by atoms with van der Waals surface area (Å²) in [4.78, 5) is 7.80. The molecule has 1 aromatic heterocycles. The van der Waals surface area contributed by atoms with Crippen LogP contribution >= 0.6 is 23.2 Å². The maximum absolute atomic E-state index is 6.04. The number of nitrogens with one attached hydrogen (secondary N) is 1. The minimum atomic E-state index is 0.256. The third kappa shape index (κ3) is 3.54. The fourth-order valence-corrected chi connectivity index (χ4v) is 2.54. The highest BCUT2D eigenvalue weighted by Gasteiger charge is 2.16. The summed E-state index contributed by atoms with van der Waals surface area (Å²) < 4.78 is 0. The Kier molecular flexibility index (Phi) is 5.08. The van der Waals surface area contributed by atoms with Crippen LogP contribution in [0.25, 0.3) is 11.3 Å². The van der Waals surface area contributed by atoms with E-state index in [0.717, 1.165) is 23.5 Å². The average molecular weight is 312 g/mol. The van der Waals surface area contributed by atoms with Crippen molar-refractivity contribution in [3.05, 3.63) is 40.3 Å². The zero-order valence-electron chi connectivity index (χ0n) is 11.7. The first-order chi connectivity index (χ1) is 9.51. The van der Waals surface area contributed by atoms with Gasteiger partial charge in [-0.3, -0.25) is 0 Å². The Morgan fingerprint density at radius 2 is 2.00 bits per heavy atom. The standard InChI is InChI=1S/C15H19Cl2N3/c1-9(2)5-11(7-18)15-19-8-14(20-15)10-3-4-12(16)13(17)6-10/h3-4,6,8-9,11H,5,7,18H2,1-2H3,(H,19,20). The van der Waals surface area contributed by atoms with Gasteiger partial charge in [0, 0.05) is 18.0 Å². The first-order valence-electron chi connectivity index (χ1n) is 6.71. The van der Waals surface area contributed by atoms with Crippen molar-refractivity contribution >= 4 is 23.2 Å². The van der Waals surface area contributed by atoms with Gasteiger partial charge in [0.05, 0.1) is 21.9 Å².